The van der Waals surface area contributed by atoms with E-state index >= 15 is 0 Å². The molecule has 0 spiro atoms. The van der Waals surface area contributed by atoms with Crippen molar-refractivity contribution in [3.63, 3.8) is 0 Å². The number of hydrogen-bond acceptors (Lipinski definition) is 1. The standard InChI is InChI=1S/C16H17OP/c1-13(2)18(15-9-4-3-5-10-15)16-11-7-6-8-14(16)12-17/h3-13H,1-2H3. The molecule has 92 valence electrons. The van der Waals surface area contributed by atoms with E-state index in [1.807, 2.05) is 24.3 Å². The number of benzene rings is 2. The molecule has 0 amide bonds. The first-order chi connectivity index (χ1) is 8.74. The van der Waals surface area contributed by atoms with Gasteiger partial charge < -0.3 is 0 Å². The first kappa shape index (κ1) is 13.0. The number of aldehydes is 1. The Hall–Kier alpha value is -1.46. The Balaban J connectivity index is 2.52. The summed E-state index contributed by atoms with van der Waals surface area (Å²) < 4.78 is 0. The van der Waals surface area contributed by atoms with E-state index in [0.29, 0.717) is 5.66 Å². The molecule has 0 aliphatic heterocycles. The van der Waals surface area contributed by atoms with Crippen LogP contribution in [0.4, 0.5) is 0 Å². The molecular weight excluding hydrogens is 239 g/mol. The molecule has 0 radical (unpaired) electrons. The summed E-state index contributed by atoms with van der Waals surface area (Å²) in [7, 11) is -0.468. The molecule has 1 atom stereocenters. The van der Waals surface area contributed by atoms with Crippen LogP contribution in [0, 0.1) is 0 Å². The Morgan fingerprint density at radius 1 is 0.944 bits per heavy atom. The SMILES string of the molecule is CC(C)P(c1ccccc1)c1ccccc1C=O. The highest BCUT2D eigenvalue weighted by atomic mass is 31.1. The van der Waals surface area contributed by atoms with Gasteiger partial charge >= 0.3 is 0 Å². The van der Waals surface area contributed by atoms with Gasteiger partial charge in [0, 0.05) is 5.56 Å². The van der Waals surface area contributed by atoms with Gasteiger partial charge in [0.25, 0.3) is 0 Å². The van der Waals surface area contributed by atoms with Crippen molar-refractivity contribution in [2.75, 3.05) is 0 Å². The molecule has 2 aromatic carbocycles. The van der Waals surface area contributed by atoms with E-state index < -0.39 is 7.92 Å². The third-order valence-corrected chi connectivity index (χ3v) is 5.69. The molecule has 0 heterocycles. The summed E-state index contributed by atoms with van der Waals surface area (Å²) in [5, 5.41) is 2.51. The Labute approximate surface area is 110 Å². The monoisotopic (exact) mass is 256 g/mol. The van der Waals surface area contributed by atoms with Gasteiger partial charge in [-0.1, -0.05) is 68.4 Å². The summed E-state index contributed by atoms with van der Waals surface area (Å²) in [6, 6.07) is 18.4. The number of hydrogen-bond donors (Lipinski definition) is 0. The molecule has 1 unspecified atom stereocenters. The second kappa shape index (κ2) is 5.93. The molecule has 0 aromatic heterocycles. The largest absolute Gasteiger partial charge is 0.298 e. The second-order valence-electron chi connectivity index (χ2n) is 4.48. The quantitative estimate of drug-likeness (QED) is 0.605. The van der Waals surface area contributed by atoms with E-state index in [9.17, 15) is 4.79 Å². The second-order valence-corrected chi connectivity index (χ2v) is 7.25. The fraction of sp³-hybridized carbons (Fsp3) is 0.188. The van der Waals surface area contributed by atoms with Crippen molar-refractivity contribution in [2.45, 2.75) is 19.5 Å². The highest BCUT2D eigenvalue weighted by molar-refractivity contribution is 7.73. The lowest BCUT2D eigenvalue weighted by atomic mass is 10.2. The molecule has 2 aromatic rings. The van der Waals surface area contributed by atoms with Crippen molar-refractivity contribution in [2.24, 2.45) is 0 Å². The van der Waals surface area contributed by atoms with E-state index in [1.165, 1.54) is 10.6 Å². The lowest BCUT2D eigenvalue weighted by Crippen LogP contribution is -2.20. The number of carbonyl (C=O) groups excluding carboxylic acids is 1. The Morgan fingerprint density at radius 2 is 1.56 bits per heavy atom. The lowest BCUT2D eigenvalue weighted by Gasteiger charge is -2.23. The van der Waals surface area contributed by atoms with Gasteiger partial charge in [-0.25, -0.2) is 0 Å². The fourth-order valence-corrected chi connectivity index (χ4v) is 4.69. The maximum Gasteiger partial charge on any atom is 0.150 e. The first-order valence-corrected chi connectivity index (χ1v) is 7.53. The van der Waals surface area contributed by atoms with Crippen molar-refractivity contribution in [1.82, 2.24) is 0 Å². The van der Waals surface area contributed by atoms with Crippen LogP contribution in [-0.2, 0) is 0 Å². The molecule has 0 aliphatic rings. The Kier molecular flexibility index (Phi) is 4.28. The molecule has 2 heteroatoms. The van der Waals surface area contributed by atoms with Crippen molar-refractivity contribution in [3.05, 3.63) is 60.2 Å². The molecule has 0 aliphatic carbocycles. The summed E-state index contributed by atoms with van der Waals surface area (Å²) in [5.41, 5.74) is 1.34. The van der Waals surface area contributed by atoms with Gasteiger partial charge in [0.2, 0.25) is 0 Å². The molecule has 0 bridgehead atoms. The molecule has 1 nitrogen and oxygen atoms in total. The van der Waals surface area contributed by atoms with Gasteiger partial charge in [0.05, 0.1) is 0 Å². The molecule has 0 N–H and O–H groups in total. The third kappa shape index (κ3) is 2.68. The van der Waals surface area contributed by atoms with Crippen LogP contribution in [0.3, 0.4) is 0 Å². The van der Waals surface area contributed by atoms with E-state index in [4.69, 9.17) is 0 Å². The summed E-state index contributed by atoms with van der Waals surface area (Å²) >= 11 is 0. The van der Waals surface area contributed by atoms with E-state index in [-0.39, 0.29) is 0 Å². The molecule has 0 saturated heterocycles. The van der Waals surface area contributed by atoms with Crippen molar-refractivity contribution < 1.29 is 4.79 Å². The zero-order valence-electron chi connectivity index (χ0n) is 10.7. The fourth-order valence-electron chi connectivity index (χ4n) is 2.11. The maximum absolute atomic E-state index is 11.2. The average molecular weight is 256 g/mol. The molecule has 0 saturated carbocycles. The van der Waals surface area contributed by atoms with Crippen LogP contribution in [0.5, 0.6) is 0 Å². The van der Waals surface area contributed by atoms with Gasteiger partial charge in [-0.05, 0) is 24.2 Å². The average Bonchev–Trinajstić information content (AvgIpc) is 2.40. The van der Waals surface area contributed by atoms with Gasteiger partial charge in [-0.2, -0.15) is 0 Å². The van der Waals surface area contributed by atoms with E-state index in [1.54, 1.807) is 0 Å². The van der Waals surface area contributed by atoms with Crippen molar-refractivity contribution in [3.8, 4) is 0 Å². The zero-order valence-corrected chi connectivity index (χ0v) is 11.6. The van der Waals surface area contributed by atoms with Gasteiger partial charge in [-0.15, -0.1) is 0 Å². The van der Waals surface area contributed by atoms with Crippen LogP contribution >= 0.6 is 7.92 Å². The van der Waals surface area contributed by atoms with Crippen LogP contribution in [-0.4, -0.2) is 11.9 Å². The minimum atomic E-state index is -0.468. The lowest BCUT2D eigenvalue weighted by molar-refractivity contribution is 0.112. The van der Waals surface area contributed by atoms with Crippen LogP contribution in [0.1, 0.15) is 24.2 Å². The highest BCUT2D eigenvalue weighted by Gasteiger charge is 2.19. The van der Waals surface area contributed by atoms with Crippen LogP contribution in [0.15, 0.2) is 54.6 Å². The van der Waals surface area contributed by atoms with E-state index in [2.05, 4.69) is 44.2 Å². The van der Waals surface area contributed by atoms with Gasteiger partial charge in [0.15, 0.2) is 6.29 Å². The highest BCUT2D eigenvalue weighted by Crippen LogP contribution is 2.39. The molecule has 0 fully saturated rings. The van der Waals surface area contributed by atoms with Crippen molar-refractivity contribution in [1.29, 1.82) is 0 Å². The van der Waals surface area contributed by atoms with Crippen LogP contribution in [0.25, 0.3) is 0 Å². The predicted molar refractivity (Wildman–Crippen MR) is 79.6 cm³/mol. The zero-order chi connectivity index (χ0) is 13.0. The topological polar surface area (TPSA) is 17.1 Å². The van der Waals surface area contributed by atoms with Gasteiger partial charge in [0.1, 0.15) is 0 Å². The summed E-state index contributed by atoms with van der Waals surface area (Å²) in [4.78, 5) is 11.2. The molecule has 2 rings (SSSR count). The summed E-state index contributed by atoms with van der Waals surface area (Å²) in [6.45, 7) is 4.45. The third-order valence-electron chi connectivity index (χ3n) is 2.87. The summed E-state index contributed by atoms with van der Waals surface area (Å²) in [6.07, 6.45) is 0.968. The number of rotatable bonds is 4. The van der Waals surface area contributed by atoms with Crippen LogP contribution in [0.2, 0.25) is 0 Å². The summed E-state index contributed by atoms with van der Waals surface area (Å²) in [5.74, 6) is 0. The molecular formula is C16H17OP. The van der Waals surface area contributed by atoms with Gasteiger partial charge in [-0.3, -0.25) is 4.79 Å². The van der Waals surface area contributed by atoms with E-state index in [0.717, 1.165) is 11.8 Å². The first-order valence-electron chi connectivity index (χ1n) is 6.12. The van der Waals surface area contributed by atoms with Crippen LogP contribution < -0.4 is 10.6 Å². The number of carbonyl (C=O) groups is 1. The van der Waals surface area contributed by atoms with Crippen molar-refractivity contribution >= 4 is 24.8 Å². The Morgan fingerprint density at radius 3 is 2.17 bits per heavy atom. The minimum Gasteiger partial charge on any atom is -0.298 e. The minimum absolute atomic E-state index is 0.468. The Bertz CT molecular complexity index is 520. The molecule has 18 heavy (non-hydrogen) atoms. The smallest absolute Gasteiger partial charge is 0.150 e. The maximum atomic E-state index is 11.2. The normalized spacial score (nSPS) is 12.4. The predicted octanol–water partition coefficient (Wildman–Crippen LogP) is 3.34.